The first-order valence-corrected chi connectivity index (χ1v) is 7.02. The molecule has 0 spiro atoms. The average molecular weight is 302 g/mol. The lowest BCUT2D eigenvalue weighted by molar-refractivity contribution is -0.172. The molecule has 1 aromatic heterocycles. The maximum absolute atomic E-state index is 12.3. The Kier molecular flexibility index (Phi) is 4.17. The van der Waals surface area contributed by atoms with E-state index in [1.54, 1.807) is 18.1 Å². The Bertz CT molecular complexity index is 621. The van der Waals surface area contributed by atoms with Crippen LogP contribution in [0.3, 0.4) is 0 Å². The molecule has 0 bridgehead atoms. The highest BCUT2D eigenvalue weighted by Crippen LogP contribution is 2.28. The molecule has 0 aliphatic carbocycles. The average Bonchev–Trinajstić information content (AvgIpc) is 3.03. The molecule has 0 unspecified atom stereocenters. The molecule has 116 valence electrons. The van der Waals surface area contributed by atoms with Crippen molar-refractivity contribution >= 4 is 5.91 Å². The summed E-state index contributed by atoms with van der Waals surface area (Å²) in [5, 5.41) is 7.02. The Morgan fingerprint density at radius 1 is 1.41 bits per heavy atom. The first-order valence-electron chi connectivity index (χ1n) is 7.02. The lowest BCUT2D eigenvalue weighted by atomic mass is 9.86. The molecular weight excluding hydrogens is 284 g/mol. The zero-order valence-corrected chi connectivity index (χ0v) is 12.4. The first kappa shape index (κ1) is 14.7. The van der Waals surface area contributed by atoms with E-state index in [1.807, 2.05) is 24.3 Å². The highest BCUT2D eigenvalue weighted by molar-refractivity contribution is 5.83. The predicted molar refractivity (Wildman–Crippen MR) is 78.3 cm³/mol. The minimum atomic E-state index is -0.532. The fourth-order valence-electron chi connectivity index (χ4n) is 2.38. The number of amides is 1. The molecule has 7 heteroatoms. The van der Waals surface area contributed by atoms with E-state index in [2.05, 4.69) is 15.4 Å². The largest absolute Gasteiger partial charge is 0.383 e. The zero-order valence-electron chi connectivity index (χ0n) is 12.4. The summed E-state index contributed by atoms with van der Waals surface area (Å²) in [4.78, 5) is 16.2. The highest BCUT2D eigenvalue weighted by atomic mass is 16.5. The molecule has 1 amide bonds. The van der Waals surface area contributed by atoms with Crippen molar-refractivity contribution in [3.05, 3.63) is 42.5 Å². The van der Waals surface area contributed by atoms with Crippen LogP contribution in [0.4, 0.5) is 0 Å². The quantitative estimate of drug-likeness (QED) is 0.843. The zero-order chi connectivity index (χ0) is 15.4. The Balaban J connectivity index is 1.58. The molecule has 1 fully saturated rings. The molecule has 22 heavy (non-hydrogen) atoms. The Hall–Kier alpha value is -2.25. The van der Waals surface area contributed by atoms with E-state index in [4.69, 9.17) is 9.47 Å². The Morgan fingerprint density at radius 2 is 2.18 bits per heavy atom. The third kappa shape index (κ3) is 2.86. The van der Waals surface area contributed by atoms with Gasteiger partial charge in [-0.3, -0.25) is 4.79 Å². The van der Waals surface area contributed by atoms with Gasteiger partial charge < -0.3 is 14.8 Å². The van der Waals surface area contributed by atoms with Crippen molar-refractivity contribution in [1.29, 1.82) is 0 Å². The number of ether oxygens (including phenoxy) is 2. The van der Waals surface area contributed by atoms with Crippen LogP contribution in [0.15, 0.2) is 36.9 Å². The SMILES string of the molecule is COCC1(C(=O)NCc2ccc(-n3cncn3)cc2)COC1. The molecule has 0 radical (unpaired) electrons. The predicted octanol–water partition coefficient (Wildman–Crippen LogP) is 0.546. The lowest BCUT2D eigenvalue weighted by Crippen LogP contribution is -2.56. The number of rotatable bonds is 6. The van der Waals surface area contributed by atoms with Gasteiger partial charge in [0, 0.05) is 13.7 Å². The van der Waals surface area contributed by atoms with Crippen LogP contribution < -0.4 is 5.32 Å². The number of methoxy groups -OCH3 is 1. The maximum atomic E-state index is 12.3. The number of hydrogen-bond acceptors (Lipinski definition) is 5. The summed E-state index contributed by atoms with van der Waals surface area (Å²) < 4.78 is 12.0. The molecule has 1 aliphatic heterocycles. The topological polar surface area (TPSA) is 78.3 Å². The van der Waals surface area contributed by atoms with Crippen LogP contribution in [0.1, 0.15) is 5.56 Å². The maximum Gasteiger partial charge on any atom is 0.233 e. The van der Waals surface area contributed by atoms with Gasteiger partial charge in [0.05, 0.1) is 25.5 Å². The third-order valence-electron chi connectivity index (χ3n) is 3.73. The molecule has 2 aromatic rings. The van der Waals surface area contributed by atoms with E-state index in [-0.39, 0.29) is 5.91 Å². The van der Waals surface area contributed by atoms with Crippen LogP contribution in [-0.2, 0) is 20.8 Å². The smallest absolute Gasteiger partial charge is 0.233 e. The number of nitrogens with zero attached hydrogens (tertiary/aromatic N) is 3. The second-order valence-corrected chi connectivity index (χ2v) is 5.40. The normalized spacial score (nSPS) is 16.0. The van der Waals surface area contributed by atoms with E-state index >= 15 is 0 Å². The molecule has 1 aromatic carbocycles. The fourth-order valence-corrected chi connectivity index (χ4v) is 2.38. The van der Waals surface area contributed by atoms with Crippen LogP contribution in [0, 0.1) is 5.41 Å². The molecule has 2 heterocycles. The fraction of sp³-hybridized carbons (Fsp3) is 0.400. The third-order valence-corrected chi connectivity index (χ3v) is 3.73. The van der Waals surface area contributed by atoms with Crippen molar-refractivity contribution < 1.29 is 14.3 Å². The van der Waals surface area contributed by atoms with Crippen molar-refractivity contribution in [1.82, 2.24) is 20.1 Å². The number of nitrogens with one attached hydrogen (secondary N) is 1. The first-order chi connectivity index (χ1) is 10.7. The van der Waals surface area contributed by atoms with Crippen molar-refractivity contribution in [3.63, 3.8) is 0 Å². The minimum absolute atomic E-state index is 0.0269. The lowest BCUT2D eigenvalue weighted by Gasteiger charge is -2.39. The molecule has 0 atom stereocenters. The van der Waals surface area contributed by atoms with Gasteiger partial charge in [0.1, 0.15) is 18.1 Å². The van der Waals surface area contributed by atoms with Crippen LogP contribution in [0.5, 0.6) is 0 Å². The standard InChI is InChI=1S/C15H18N4O3/c1-21-7-15(8-22-9-15)14(20)17-6-12-2-4-13(5-3-12)19-11-16-10-18-19/h2-5,10-11H,6-9H2,1H3,(H,17,20). The van der Waals surface area contributed by atoms with Crippen LogP contribution >= 0.6 is 0 Å². The van der Waals surface area contributed by atoms with Crippen molar-refractivity contribution in [3.8, 4) is 5.69 Å². The van der Waals surface area contributed by atoms with Gasteiger partial charge in [0.25, 0.3) is 0 Å². The van der Waals surface area contributed by atoms with E-state index in [0.29, 0.717) is 26.4 Å². The summed E-state index contributed by atoms with van der Waals surface area (Å²) in [6.07, 6.45) is 3.13. The van der Waals surface area contributed by atoms with Gasteiger partial charge in [0.15, 0.2) is 0 Å². The summed E-state index contributed by atoms with van der Waals surface area (Å²) in [5.41, 5.74) is 1.41. The van der Waals surface area contributed by atoms with E-state index < -0.39 is 5.41 Å². The monoisotopic (exact) mass is 302 g/mol. The number of carbonyl (C=O) groups is 1. The van der Waals surface area contributed by atoms with Crippen molar-refractivity contribution in [2.24, 2.45) is 5.41 Å². The molecule has 7 nitrogen and oxygen atoms in total. The molecule has 1 saturated heterocycles. The number of benzene rings is 1. The molecule has 1 aliphatic rings. The highest BCUT2D eigenvalue weighted by Gasteiger charge is 2.45. The molecule has 1 N–H and O–H groups in total. The second-order valence-electron chi connectivity index (χ2n) is 5.40. The Morgan fingerprint density at radius 3 is 2.73 bits per heavy atom. The van der Waals surface area contributed by atoms with Gasteiger partial charge in [-0.2, -0.15) is 5.10 Å². The molecule has 0 saturated carbocycles. The van der Waals surface area contributed by atoms with Gasteiger partial charge in [-0.05, 0) is 17.7 Å². The second kappa shape index (κ2) is 6.25. The van der Waals surface area contributed by atoms with Crippen LogP contribution in [0.25, 0.3) is 5.69 Å². The summed E-state index contributed by atoms with van der Waals surface area (Å²) in [6.45, 7) is 1.68. The summed E-state index contributed by atoms with van der Waals surface area (Å²) >= 11 is 0. The van der Waals surface area contributed by atoms with Crippen LogP contribution in [0.2, 0.25) is 0 Å². The van der Waals surface area contributed by atoms with Gasteiger partial charge in [-0.15, -0.1) is 0 Å². The van der Waals surface area contributed by atoms with Gasteiger partial charge in [-0.1, -0.05) is 12.1 Å². The minimum Gasteiger partial charge on any atom is -0.383 e. The number of hydrogen-bond donors (Lipinski definition) is 1. The van der Waals surface area contributed by atoms with Gasteiger partial charge in [0.2, 0.25) is 5.91 Å². The van der Waals surface area contributed by atoms with Crippen LogP contribution in [-0.4, -0.2) is 47.6 Å². The van der Waals surface area contributed by atoms with E-state index in [1.165, 1.54) is 6.33 Å². The van der Waals surface area contributed by atoms with E-state index in [0.717, 1.165) is 11.3 Å². The van der Waals surface area contributed by atoms with Crippen molar-refractivity contribution in [2.45, 2.75) is 6.54 Å². The summed E-state index contributed by atoms with van der Waals surface area (Å²) in [6, 6.07) is 7.79. The summed E-state index contributed by atoms with van der Waals surface area (Å²) in [7, 11) is 1.59. The number of aromatic nitrogens is 3. The Labute approximate surface area is 128 Å². The molecular formula is C15H18N4O3. The van der Waals surface area contributed by atoms with Crippen molar-refractivity contribution in [2.75, 3.05) is 26.9 Å². The van der Waals surface area contributed by atoms with Gasteiger partial charge >= 0.3 is 0 Å². The summed E-state index contributed by atoms with van der Waals surface area (Å²) in [5.74, 6) is -0.0269. The van der Waals surface area contributed by atoms with Gasteiger partial charge in [-0.25, -0.2) is 9.67 Å². The molecule has 3 rings (SSSR count). The van der Waals surface area contributed by atoms with E-state index in [9.17, 15) is 4.79 Å². The number of carbonyl (C=O) groups excluding carboxylic acids is 1.